The lowest BCUT2D eigenvalue weighted by Gasteiger charge is -2.40. The summed E-state index contributed by atoms with van der Waals surface area (Å²) < 4.78 is 5.77. The average Bonchev–Trinajstić information content (AvgIpc) is 2.84. The fourth-order valence-corrected chi connectivity index (χ4v) is 4.68. The fourth-order valence-electron chi connectivity index (χ4n) is 4.68. The highest BCUT2D eigenvalue weighted by Gasteiger charge is 2.76. The molecule has 3 aliphatic rings. The number of carbonyl (C=O) groups excluding carboxylic acids is 2. The third kappa shape index (κ3) is 1.57. The number of hydrogen-bond acceptors (Lipinski definition) is 3. The van der Waals surface area contributed by atoms with Crippen LogP contribution in [0.2, 0.25) is 0 Å². The van der Waals surface area contributed by atoms with E-state index in [1.807, 2.05) is 43.9 Å². The van der Waals surface area contributed by atoms with Crippen LogP contribution in [0.4, 0.5) is 5.69 Å². The number of esters is 1. The smallest absolute Gasteiger partial charge is 0.313 e. The van der Waals surface area contributed by atoms with E-state index in [0.29, 0.717) is 13.0 Å². The Hall–Kier alpha value is -1.84. The van der Waals surface area contributed by atoms with Crippen LogP contribution in [0.5, 0.6) is 0 Å². The summed E-state index contributed by atoms with van der Waals surface area (Å²) in [6.07, 6.45) is 3.29. The first-order valence-electron chi connectivity index (χ1n) is 8.47. The van der Waals surface area contributed by atoms with Gasteiger partial charge in [-0.2, -0.15) is 0 Å². The third-order valence-corrected chi connectivity index (χ3v) is 6.78. The van der Waals surface area contributed by atoms with Crippen molar-refractivity contribution in [3.05, 3.63) is 29.8 Å². The highest BCUT2D eigenvalue weighted by molar-refractivity contribution is 6.05. The number of benzene rings is 1. The fraction of sp³-hybridized carbons (Fsp3) is 0.579. The molecular weight excluding hydrogens is 290 g/mol. The van der Waals surface area contributed by atoms with E-state index in [9.17, 15) is 9.59 Å². The Morgan fingerprint density at radius 3 is 2.57 bits per heavy atom. The summed E-state index contributed by atoms with van der Waals surface area (Å²) in [6, 6.07) is 8.06. The number of amides is 1. The Labute approximate surface area is 136 Å². The van der Waals surface area contributed by atoms with Gasteiger partial charge in [-0.25, -0.2) is 0 Å². The minimum absolute atomic E-state index is 0.0378. The standard InChI is InChI=1S/C19H23NO3/c1-17(2)18(3)10-11-19(17,23-16(18)22)15(21)20-12-6-8-13-7-4-5-9-14(13)20/h4-5,7,9H,6,8,10-12H2,1-3H3/t18-,19-/m0/s1. The van der Waals surface area contributed by atoms with E-state index in [1.54, 1.807) is 0 Å². The lowest BCUT2D eigenvalue weighted by Crippen LogP contribution is -2.56. The van der Waals surface area contributed by atoms with Crippen LogP contribution in [-0.4, -0.2) is 24.0 Å². The summed E-state index contributed by atoms with van der Waals surface area (Å²) in [4.78, 5) is 27.8. The lowest BCUT2D eigenvalue weighted by atomic mass is 9.66. The van der Waals surface area contributed by atoms with Crippen molar-refractivity contribution in [2.24, 2.45) is 10.8 Å². The molecule has 0 aromatic heterocycles. The second-order valence-corrected chi connectivity index (χ2v) is 7.86. The molecule has 4 heteroatoms. The minimum atomic E-state index is -1.01. The SMILES string of the molecule is CC1(C)[C@@]2(C)CC[C@@]1(C(=O)N1CCCc3ccccc31)OC2=O. The monoisotopic (exact) mass is 313 g/mol. The Balaban J connectivity index is 1.78. The zero-order valence-electron chi connectivity index (χ0n) is 14.0. The maximum Gasteiger partial charge on any atom is 0.313 e. The second kappa shape index (κ2) is 4.37. The molecule has 0 N–H and O–H groups in total. The molecule has 2 heterocycles. The third-order valence-electron chi connectivity index (χ3n) is 6.78. The molecule has 1 aromatic rings. The molecule has 4 rings (SSSR count). The van der Waals surface area contributed by atoms with Crippen molar-refractivity contribution >= 4 is 17.6 Å². The first-order chi connectivity index (χ1) is 10.8. The normalized spacial score (nSPS) is 34.2. The van der Waals surface area contributed by atoms with Crippen molar-refractivity contribution in [1.29, 1.82) is 0 Å². The van der Waals surface area contributed by atoms with Gasteiger partial charge in [0.15, 0.2) is 5.60 Å². The van der Waals surface area contributed by atoms with E-state index >= 15 is 0 Å². The van der Waals surface area contributed by atoms with Gasteiger partial charge >= 0.3 is 5.97 Å². The van der Waals surface area contributed by atoms with Gasteiger partial charge < -0.3 is 9.64 Å². The van der Waals surface area contributed by atoms with Gasteiger partial charge in [0.05, 0.1) is 5.41 Å². The number of anilines is 1. The Morgan fingerprint density at radius 2 is 1.91 bits per heavy atom. The van der Waals surface area contributed by atoms with Crippen LogP contribution in [-0.2, 0) is 20.7 Å². The first-order valence-corrected chi connectivity index (χ1v) is 8.47. The predicted molar refractivity (Wildman–Crippen MR) is 87.1 cm³/mol. The molecule has 2 bridgehead atoms. The maximum atomic E-state index is 13.5. The largest absolute Gasteiger partial charge is 0.448 e. The summed E-state index contributed by atoms with van der Waals surface area (Å²) in [6.45, 7) is 6.67. The van der Waals surface area contributed by atoms with Gasteiger partial charge in [0.25, 0.3) is 5.91 Å². The first kappa shape index (κ1) is 14.7. The topological polar surface area (TPSA) is 46.6 Å². The summed E-state index contributed by atoms with van der Waals surface area (Å²) in [5.41, 5.74) is 0.124. The quantitative estimate of drug-likeness (QED) is 0.749. The molecular formula is C19H23NO3. The van der Waals surface area contributed by atoms with Crippen molar-refractivity contribution in [3.63, 3.8) is 0 Å². The number of carbonyl (C=O) groups is 2. The summed E-state index contributed by atoms with van der Waals surface area (Å²) in [5, 5.41) is 0. The molecule has 2 atom stereocenters. The number of aryl methyl sites for hydroxylation is 1. The van der Waals surface area contributed by atoms with Crippen LogP contribution in [0.3, 0.4) is 0 Å². The van der Waals surface area contributed by atoms with Crippen LogP contribution < -0.4 is 4.90 Å². The highest BCUT2D eigenvalue weighted by atomic mass is 16.6. The second-order valence-electron chi connectivity index (χ2n) is 7.86. The van der Waals surface area contributed by atoms with Crippen LogP contribution >= 0.6 is 0 Å². The number of rotatable bonds is 1. The summed E-state index contributed by atoms with van der Waals surface area (Å²) >= 11 is 0. The zero-order valence-corrected chi connectivity index (χ0v) is 14.0. The molecule has 23 heavy (non-hydrogen) atoms. The number of para-hydroxylation sites is 1. The van der Waals surface area contributed by atoms with Crippen molar-refractivity contribution in [2.45, 2.75) is 52.1 Å². The number of fused-ring (bicyclic) bond motifs is 3. The van der Waals surface area contributed by atoms with Gasteiger partial charge in [0.1, 0.15) is 0 Å². The molecule has 1 saturated heterocycles. The lowest BCUT2D eigenvalue weighted by molar-refractivity contribution is -0.167. The Morgan fingerprint density at radius 1 is 1.17 bits per heavy atom. The van der Waals surface area contributed by atoms with Gasteiger partial charge in [-0.1, -0.05) is 32.0 Å². The zero-order chi connectivity index (χ0) is 16.5. The molecule has 1 aromatic carbocycles. The predicted octanol–water partition coefficient (Wildman–Crippen LogP) is 3.09. The van der Waals surface area contributed by atoms with Gasteiger partial charge in [0, 0.05) is 17.6 Å². The van der Waals surface area contributed by atoms with E-state index in [2.05, 4.69) is 6.07 Å². The molecule has 1 amide bonds. The van der Waals surface area contributed by atoms with Crippen molar-refractivity contribution in [1.82, 2.24) is 0 Å². The molecule has 1 aliphatic carbocycles. The molecule has 2 fully saturated rings. The van der Waals surface area contributed by atoms with Gasteiger partial charge in [-0.3, -0.25) is 9.59 Å². The average molecular weight is 313 g/mol. The van der Waals surface area contributed by atoms with Crippen molar-refractivity contribution in [2.75, 3.05) is 11.4 Å². The van der Waals surface area contributed by atoms with Gasteiger partial charge in [0.2, 0.25) is 0 Å². The van der Waals surface area contributed by atoms with Crippen LogP contribution in [0, 0.1) is 10.8 Å². The summed E-state index contributed by atoms with van der Waals surface area (Å²) in [5.74, 6) is -0.253. The van der Waals surface area contributed by atoms with E-state index in [1.165, 1.54) is 5.56 Å². The maximum absolute atomic E-state index is 13.5. The van der Waals surface area contributed by atoms with E-state index in [-0.39, 0.29) is 11.9 Å². The minimum Gasteiger partial charge on any atom is -0.448 e. The molecule has 1 saturated carbocycles. The Kier molecular flexibility index (Phi) is 2.80. The molecule has 0 unspecified atom stereocenters. The van der Waals surface area contributed by atoms with Crippen molar-refractivity contribution in [3.8, 4) is 0 Å². The van der Waals surface area contributed by atoms with E-state index in [4.69, 9.17) is 4.74 Å². The van der Waals surface area contributed by atoms with Crippen LogP contribution in [0.15, 0.2) is 24.3 Å². The highest BCUT2D eigenvalue weighted by Crippen LogP contribution is 2.66. The number of ether oxygens (including phenoxy) is 1. The van der Waals surface area contributed by atoms with Gasteiger partial charge in [-0.05, 0) is 44.2 Å². The van der Waals surface area contributed by atoms with Crippen LogP contribution in [0.1, 0.15) is 45.6 Å². The van der Waals surface area contributed by atoms with Crippen molar-refractivity contribution < 1.29 is 14.3 Å². The molecule has 4 nitrogen and oxygen atoms in total. The number of hydrogen-bond donors (Lipinski definition) is 0. The summed E-state index contributed by atoms with van der Waals surface area (Å²) in [7, 11) is 0. The molecule has 0 spiro atoms. The van der Waals surface area contributed by atoms with Gasteiger partial charge in [-0.15, -0.1) is 0 Å². The Bertz CT molecular complexity index is 710. The van der Waals surface area contributed by atoms with Crippen LogP contribution in [0.25, 0.3) is 0 Å². The number of nitrogens with zero attached hydrogens (tertiary/aromatic N) is 1. The van der Waals surface area contributed by atoms with E-state index < -0.39 is 16.4 Å². The molecule has 2 aliphatic heterocycles. The molecule has 122 valence electrons. The van der Waals surface area contributed by atoms with E-state index in [0.717, 1.165) is 24.9 Å². The molecule has 0 radical (unpaired) electrons.